The van der Waals surface area contributed by atoms with Crippen LogP contribution in [-0.4, -0.2) is 19.7 Å². The molecule has 3 aromatic rings. The van der Waals surface area contributed by atoms with Gasteiger partial charge in [0, 0.05) is 18.8 Å². The largest absolute Gasteiger partial charge is 0.484 e. The summed E-state index contributed by atoms with van der Waals surface area (Å²) >= 11 is 0. The summed E-state index contributed by atoms with van der Waals surface area (Å²) in [5.41, 5.74) is 7.10. The van der Waals surface area contributed by atoms with Crippen LogP contribution in [0.2, 0.25) is 0 Å². The van der Waals surface area contributed by atoms with E-state index in [4.69, 9.17) is 15.0 Å². The van der Waals surface area contributed by atoms with Gasteiger partial charge >= 0.3 is 0 Å². The van der Waals surface area contributed by atoms with Gasteiger partial charge in [-0.3, -0.25) is 0 Å². The molecule has 0 bridgehead atoms. The molecule has 7 heteroatoms. The van der Waals surface area contributed by atoms with Gasteiger partial charge in [0.05, 0.1) is 12.5 Å². The molecular formula is C13H13N5O2. The van der Waals surface area contributed by atoms with Gasteiger partial charge in [-0.2, -0.15) is 4.98 Å². The van der Waals surface area contributed by atoms with Crippen LogP contribution in [0.25, 0.3) is 11.5 Å². The van der Waals surface area contributed by atoms with Crippen molar-refractivity contribution >= 4 is 5.69 Å². The molecule has 3 rings (SSSR count). The third kappa shape index (κ3) is 2.46. The van der Waals surface area contributed by atoms with Crippen molar-refractivity contribution in [3.05, 3.63) is 42.7 Å². The maximum absolute atomic E-state index is 5.67. The molecular weight excluding hydrogens is 258 g/mol. The summed E-state index contributed by atoms with van der Waals surface area (Å²) in [6.07, 6.45) is 3.35. The maximum Gasteiger partial charge on any atom is 0.264 e. The number of ether oxygens (including phenoxy) is 1. The number of nitrogen functional groups attached to an aromatic ring is 1. The zero-order valence-corrected chi connectivity index (χ0v) is 10.9. The topological polar surface area (TPSA) is 92.0 Å². The fourth-order valence-corrected chi connectivity index (χ4v) is 1.74. The normalized spacial score (nSPS) is 10.7. The molecule has 2 heterocycles. The van der Waals surface area contributed by atoms with E-state index in [1.807, 2.05) is 23.7 Å². The van der Waals surface area contributed by atoms with Gasteiger partial charge in [0.25, 0.3) is 5.89 Å². The molecule has 0 aliphatic heterocycles. The van der Waals surface area contributed by atoms with Crippen molar-refractivity contribution in [2.45, 2.75) is 6.61 Å². The molecule has 0 aliphatic rings. The molecule has 20 heavy (non-hydrogen) atoms. The summed E-state index contributed by atoms with van der Waals surface area (Å²) in [7, 11) is 1.86. The van der Waals surface area contributed by atoms with E-state index in [0.29, 0.717) is 23.2 Å². The predicted octanol–water partition coefficient (Wildman–Crippen LogP) is 1.63. The van der Waals surface area contributed by atoms with Crippen LogP contribution in [0.1, 0.15) is 5.89 Å². The molecule has 0 amide bonds. The smallest absolute Gasteiger partial charge is 0.264 e. The first-order valence-corrected chi connectivity index (χ1v) is 6.00. The Morgan fingerprint density at radius 1 is 1.40 bits per heavy atom. The highest BCUT2D eigenvalue weighted by Crippen LogP contribution is 2.17. The molecule has 0 spiro atoms. The quantitative estimate of drug-likeness (QED) is 0.725. The second-order valence-electron chi connectivity index (χ2n) is 4.26. The first-order chi connectivity index (χ1) is 9.72. The molecule has 0 atom stereocenters. The van der Waals surface area contributed by atoms with E-state index in [-0.39, 0.29) is 6.61 Å². The van der Waals surface area contributed by atoms with Gasteiger partial charge < -0.3 is 19.6 Å². The van der Waals surface area contributed by atoms with Gasteiger partial charge in [0.2, 0.25) is 5.82 Å². The summed E-state index contributed by atoms with van der Waals surface area (Å²) in [5, 5.41) is 3.90. The minimum absolute atomic E-state index is 0.189. The molecule has 0 fully saturated rings. The Bertz CT molecular complexity index is 719. The minimum Gasteiger partial charge on any atom is -0.484 e. The SMILES string of the molecule is Cn1cncc1-c1noc(COc2cccc(N)c2)n1. The molecule has 7 nitrogen and oxygen atoms in total. The Morgan fingerprint density at radius 2 is 2.30 bits per heavy atom. The van der Waals surface area contributed by atoms with Crippen LogP contribution in [-0.2, 0) is 13.7 Å². The number of benzene rings is 1. The first-order valence-electron chi connectivity index (χ1n) is 6.00. The van der Waals surface area contributed by atoms with E-state index in [9.17, 15) is 0 Å². The van der Waals surface area contributed by atoms with Crippen LogP contribution in [0.3, 0.4) is 0 Å². The number of rotatable bonds is 4. The predicted molar refractivity (Wildman–Crippen MR) is 71.7 cm³/mol. The van der Waals surface area contributed by atoms with Crippen LogP contribution in [0, 0.1) is 0 Å². The Morgan fingerprint density at radius 3 is 3.05 bits per heavy atom. The van der Waals surface area contributed by atoms with E-state index in [0.717, 1.165) is 5.69 Å². The average molecular weight is 271 g/mol. The summed E-state index contributed by atoms with van der Waals surface area (Å²) in [6.45, 7) is 0.189. The molecule has 2 N–H and O–H groups in total. The number of imidazole rings is 1. The fraction of sp³-hybridized carbons (Fsp3) is 0.154. The van der Waals surface area contributed by atoms with E-state index in [2.05, 4.69) is 15.1 Å². The standard InChI is InChI=1S/C13H13N5O2/c1-18-8-15-6-11(18)13-16-12(20-17-13)7-19-10-4-2-3-9(14)5-10/h2-6,8H,7,14H2,1H3. The first kappa shape index (κ1) is 12.2. The lowest BCUT2D eigenvalue weighted by molar-refractivity contribution is 0.243. The summed E-state index contributed by atoms with van der Waals surface area (Å²) in [5.74, 6) is 1.53. The molecule has 102 valence electrons. The second kappa shape index (κ2) is 5.04. The highest BCUT2D eigenvalue weighted by molar-refractivity contribution is 5.47. The number of anilines is 1. The van der Waals surface area contributed by atoms with Gasteiger partial charge in [-0.25, -0.2) is 4.98 Å². The molecule has 0 aliphatic carbocycles. The highest BCUT2D eigenvalue weighted by Gasteiger charge is 2.11. The van der Waals surface area contributed by atoms with Crippen LogP contribution in [0.5, 0.6) is 5.75 Å². The van der Waals surface area contributed by atoms with Crippen LogP contribution >= 0.6 is 0 Å². The Hall–Kier alpha value is -2.83. The van der Waals surface area contributed by atoms with Crippen molar-refractivity contribution in [2.75, 3.05) is 5.73 Å². The molecule has 0 saturated carbocycles. The van der Waals surface area contributed by atoms with E-state index >= 15 is 0 Å². The van der Waals surface area contributed by atoms with Gasteiger partial charge in [-0.15, -0.1) is 0 Å². The van der Waals surface area contributed by atoms with E-state index < -0.39 is 0 Å². The van der Waals surface area contributed by atoms with Crippen molar-refractivity contribution in [2.24, 2.45) is 7.05 Å². The average Bonchev–Trinajstić information content (AvgIpc) is 3.05. The Labute approximate surface area is 115 Å². The monoisotopic (exact) mass is 271 g/mol. The number of hydrogen-bond donors (Lipinski definition) is 1. The summed E-state index contributed by atoms with van der Waals surface area (Å²) in [4.78, 5) is 8.26. The van der Waals surface area contributed by atoms with Crippen LogP contribution in [0.4, 0.5) is 5.69 Å². The second-order valence-corrected chi connectivity index (χ2v) is 4.26. The number of aryl methyl sites for hydroxylation is 1. The van der Waals surface area contributed by atoms with Crippen molar-refractivity contribution in [1.29, 1.82) is 0 Å². The molecule has 0 unspecified atom stereocenters. The summed E-state index contributed by atoms with van der Waals surface area (Å²) in [6, 6.07) is 7.16. The molecule has 0 radical (unpaired) electrons. The third-order valence-corrected chi connectivity index (χ3v) is 2.73. The van der Waals surface area contributed by atoms with E-state index in [1.165, 1.54) is 0 Å². The van der Waals surface area contributed by atoms with Gasteiger partial charge in [-0.1, -0.05) is 11.2 Å². The maximum atomic E-state index is 5.67. The van der Waals surface area contributed by atoms with Crippen molar-refractivity contribution in [3.8, 4) is 17.3 Å². The number of nitrogens with two attached hydrogens (primary N) is 1. The summed E-state index contributed by atoms with van der Waals surface area (Å²) < 4.78 is 12.5. The fourth-order valence-electron chi connectivity index (χ4n) is 1.74. The highest BCUT2D eigenvalue weighted by atomic mass is 16.5. The molecule has 1 aromatic carbocycles. The third-order valence-electron chi connectivity index (χ3n) is 2.73. The van der Waals surface area contributed by atoms with Crippen LogP contribution in [0.15, 0.2) is 41.3 Å². The zero-order chi connectivity index (χ0) is 13.9. The van der Waals surface area contributed by atoms with Crippen molar-refractivity contribution in [3.63, 3.8) is 0 Å². The van der Waals surface area contributed by atoms with Crippen molar-refractivity contribution in [1.82, 2.24) is 19.7 Å². The number of hydrogen-bond acceptors (Lipinski definition) is 6. The Kier molecular flexibility index (Phi) is 3.08. The lowest BCUT2D eigenvalue weighted by Gasteiger charge is -2.03. The van der Waals surface area contributed by atoms with Crippen LogP contribution < -0.4 is 10.5 Å². The van der Waals surface area contributed by atoms with Crippen molar-refractivity contribution < 1.29 is 9.26 Å². The lowest BCUT2D eigenvalue weighted by atomic mass is 10.3. The van der Waals surface area contributed by atoms with Gasteiger partial charge in [-0.05, 0) is 12.1 Å². The minimum atomic E-state index is 0.189. The number of nitrogens with zero attached hydrogens (tertiary/aromatic N) is 4. The molecule has 2 aromatic heterocycles. The Balaban J connectivity index is 1.70. The molecule has 0 saturated heterocycles. The van der Waals surface area contributed by atoms with Gasteiger partial charge in [0.1, 0.15) is 11.4 Å². The van der Waals surface area contributed by atoms with Gasteiger partial charge in [0.15, 0.2) is 6.61 Å². The lowest BCUT2D eigenvalue weighted by Crippen LogP contribution is -1.97. The zero-order valence-electron chi connectivity index (χ0n) is 10.9. The van der Waals surface area contributed by atoms with E-state index in [1.54, 1.807) is 24.7 Å². The number of aromatic nitrogens is 4.